The number of nitro groups is 1. The summed E-state index contributed by atoms with van der Waals surface area (Å²) in [6.45, 7) is 0. The number of furan rings is 1. The standard InChI is InChI=1S/C7H8N2O3/c8-5-3-4(5)6-1-2-7(12-6)9(10)11/h1-2,4-5H,3,8H2/t4-,5-/m1/s1. The van der Waals surface area contributed by atoms with Gasteiger partial charge >= 0.3 is 5.88 Å². The third-order valence-corrected chi connectivity index (χ3v) is 2.00. The van der Waals surface area contributed by atoms with Gasteiger partial charge in [-0.25, -0.2) is 0 Å². The van der Waals surface area contributed by atoms with E-state index in [1.807, 2.05) is 0 Å². The molecule has 1 aromatic rings. The van der Waals surface area contributed by atoms with Crippen molar-refractivity contribution in [3.63, 3.8) is 0 Å². The van der Waals surface area contributed by atoms with Crippen molar-refractivity contribution in [1.29, 1.82) is 0 Å². The lowest BCUT2D eigenvalue weighted by Gasteiger charge is -1.87. The van der Waals surface area contributed by atoms with Crippen molar-refractivity contribution < 1.29 is 9.34 Å². The summed E-state index contributed by atoms with van der Waals surface area (Å²) in [5, 5.41) is 10.2. The third-order valence-electron chi connectivity index (χ3n) is 2.00. The molecule has 0 bridgehead atoms. The molecule has 2 N–H and O–H groups in total. The van der Waals surface area contributed by atoms with Gasteiger partial charge in [-0.1, -0.05) is 0 Å². The normalized spacial score (nSPS) is 27.1. The predicted octanol–water partition coefficient (Wildman–Crippen LogP) is 1.00. The van der Waals surface area contributed by atoms with E-state index in [1.165, 1.54) is 6.07 Å². The Morgan fingerprint density at radius 2 is 2.33 bits per heavy atom. The Labute approximate surface area is 68.3 Å². The fraction of sp³-hybridized carbons (Fsp3) is 0.429. The van der Waals surface area contributed by atoms with Crippen molar-refractivity contribution in [2.24, 2.45) is 5.73 Å². The van der Waals surface area contributed by atoms with Gasteiger partial charge in [0.25, 0.3) is 0 Å². The smallest absolute Gasteiger partial charge is 0.405 e. The fourth-order valence-electron chi connectivity index (χ4n) is 1.18. The van der Waals surface area contributed by atoms with Crippen molar-refractivity contribution in [2.75, 3.05) is 0 Å². The molecule has 0 radical (unpaired) electrons. The van der Waals surface area contributed by atoms with Gasteiger partial charge in [-0.05, 0) is 12.5 Å². The van der Waals surface area contributed by atoms with Gasteiger partial charge in [0, 0.05) is 12.0 Å². The maximum absolute atomic E-state index is 10.2. The maximum atomic E-state index is 10.2. The van der Waals surface area contributed by atoms with Gasteiger partial charge in [-0.3, -0.25) is 10.1 Å². The summed E-state index contributed by atoms with van der Waals surface area (Å²) in [5.74, 6) is 0.622. The molecule has 0 aromatic carbocycles. The van der Waals surface area contributed by atoms with Gasteiger partial charge < -0.3 is 10.2 Å². The fourth-order valence-corrected chi connectivity index (χ4v) is 1.18. The molecule has 0 unspecified atom stereocenters. The van der Waals surface area contributed by atoms with Crippen molar-refractivity contribution >= 4 is 5.88 Å². The first-order chi connectivity index (χ1) is 5.68. The van der Waals surface area contributed by atoms with Crippen LogP contribution < -0.4 is 5.73 Å². The molecule has 1 aromatic heterocycles. The zero-order valence-electron chi connectivity index (χ0n) is 6.27. The molecule has 5 nitrogen and oxygen atoms in total. The molecule has 0 amide bonds. The lowest BCUT2D eigenvalue weighted by atomic mass is 10.3. The largest absolute Gasteiger partial charge is 0.433 e. The minimum absolute atomic E-state index is 0.121. The van der Waals surface area contributed by atoms with E-state index >= 15 is 0 Å². The van der Waals surface area contributed by atoms with Crippen LogP contribution >= 0.6 is 0 Å². The lowest BCUT2D eigenvalue weighted by molar-refractivity contribution is -0.402. The molecule has 1 heterocycles. The molecule has 1 saturated carbocycles. The average molecular weight is 168 g/mol. The van der Waals surface area contributed by atoms with E-state index in [1.54, 1.807) is 6.07 Å². The summed E-state index contributed by atoms with van der Waals surface area (Å²) in [6.07, 6.45) is 0.866. The van der Waals surface area contributed by atoms with Crippen LogP contribution in [0.15, 0.2) is 16.5 Å². The van der Waals surface area contributed by atoms with E-state index in [9.17, 15) is 10.1 Å². The quantitative estimate of drug-likeness (QED) is 0.527. The average Bonchev–Trinajstić information content (AvgIpc) is 2.59. The highest BCUT2D eigenvalue weighted by atomic mass is 16.6. The summed E-state index contributed by atoms with van der Waals surface area (Å²) in [7, 11) is 0. The highest BCUT2D eigenvalue weighted by Crippen LogP contribution is 2.40. The van der Waals surface area contributed by atoms with Crippen molar-refractivity contribution in [3.8, 4) is 0 Å². The summed E-state index contributed by atoms with van der Waals surface area (Å²) in [6, 6.07) is 3.10. The third kappa shape index (κ3) is 1.08. The number of rotatable bonds is 2. The second-order valence-corrected chi connectivity index (χ2v) is 2.94. The van der Waals surface area contributed by atoms with Crippen LogP contribution in [0.1, 0.15) is 18.1 Å². The molecular weight excluding hydrogens is 160 g/mol. The van der Waals surface area contributed by atoms with Crippen molar-refractivity contribution in [3.05, 3.63) is 28.0 Å². The van der Waals surface area contributed by atoms with Gasteiger partial charge in [0.2, 0.25) is 0 Å². The molecule has 1 aliphatic carbocycles. The Morgan fingerprint density at radius 3 is 2.75 bits per heavy atom. The molecule has 1 fully saturated rings. The van der Waals surface area contributed by atoms with E-state index in [2.05, 4.69) is 0 Å². The van der Waals surface area contributed by atoms with Crippen LogP contribution in [0, 0.1) is 10.1 Å². The van der Waals surface area contributed by atoms with Crippen LogP contribution in [0.4, 0.5) is 5.88 Å². The Bertz CT molecular complexity index is 320. The monoisotopic (exact) mass is 168 g/mol. The molecule has 2 rings (SSSR count). The Balaban J connectivity index is 2.19. The number of nitrogens with zero attached hydrogens (tertiary/aromatic N) is 1. The van der Waals surface area contributed by atoms with E-state index in [0.717, 1.165) is 6.42 Å². The highest BCUT2D eigenvalue weighted by molar-refractivity contribution is 5.25. The zero-order chi connectivity index (χ0) is 8.72. The molecule has 2 atom stereocenters. The maximum Gasteiger partial charge on any atom is 0.433 e. The van der Waals surface area contributed by atoms with Gasteiger partial charge in [-0.15, -0.1) is 0 Å². The summed E-state index contributed by atoms with van der Waals surface area (Å²) >= 11 is 0. The molecule has 12 heavy (non-hydrogen) atoms. The van der Waals surface area contributed by atoms with Crippen molar-refractivity contribution in [2.45, 2.75) is 18.4 Å². The Kier molecular flexibility index (Phi) is 1.41. The Morgan fingerprint density at radius 1 is 1.67 bits per heavy atom. The summed E-state index contributed by atoms with van der Waals surface area (Å²) < 4.78 is 4.96. The van der Waals surface area contributed by atoms with E-state index in [0.29, 0.717) is 5.76 Å². The van der Waals surface area contributed by atoms with Crippen LogP contribution in [0.2, 0.25) is 0 Å². The first kappa shape index (κ1) is 7.30. The molecule has 1 aliphatic rings. The van der Waals surface area contributed by atoms with Crippen LogP contribution in [0.3, 0.4) is 0 Å². The molecule has 64 valence electrons. The lowest BCUT2D eigenvalue weighted by Crippen LogP contribution is -2.00. The molecular formula is C7H8N2O3. The Hall–Kier alpha value is -1.36. The molecule has 0 saturated heterocycles. The van der Waals surface area contributed by atoms with Crippen LogP contribution in [0.25, 0.3) is 0 Å². The van der Waals surface area contributed by atoms with Gasteiger partial charge in [0.05, 0.1) is 6.07 Å². The van der Waals surface area contributed by atoms with Gasteiger partial charge in [0.1, 0.15) is 10.7 Å². The van der Waals surface area contributed by atoms with Crippen LogP contribution in [0.5, 0.6) is 0 Å². The molecule has 0 aliphatic heterocycles. The first-order valence-corrected chi connectivity index (χ1v) is 3.68. The molecule has 5 heteroatoms. The molecule has 0 spiro atoms. The minimum atomic E-state index is -0.544. The van der Waals surface area contributed by atoms with Gasteiger partial charge in [-0.2, -0.15) is 0 Å². The number of hydrogen-bond acceptors (Lipinski definition) is 4. The SMILES string of the molecule is N[C@@H]1C[C@H]1c1ccc([N+](=O)[O-])o1. The first-order valence-electron chi connectivity index (χ1n) is 3.68. The topological polar surface area (TPSA) is 82.3 Å². The van der Waals surface area contributed by atoms with Crippen LogP contribution in [-0.2, 0) is 0 Å². The number of nitrogens with two attached hydrogens (primary N) is 1. The van der Waals surface area contributed by atoms with Crippen molar-refractivity contribution in [1.82, 2.24) is 0 Å². The number of hydrogen-bond donors (Lipinski definition) is 1. The minimum Gasteiger partial charge on any atom is -0.405 e. The van der Waals surface area contributed by atoms with E-state index in [-0.39, 0.29) is 17.8 Å². The summed E-state index contributed by atoms with van der Waals surface area (Å²) in [5.41, 5.74) is 5.55. The second-order valence-electron chi connectivity index (χ2n) is 2.94. The highest BCUT2D eigenvalue weighted by Gasteiger charge is 2.38. The van der Waals surface area contributed by atoms with E-state index < -0.39 is 4.92 Å². The van der Waals surface area contributed by atoms with Crippen LogP contribution in [-0.4, -0.2) is 11.0 Å². The summed E-state index contributed by atoms with van der Waals surface area (Å²) in [4.78, 5) is 9.68. The second kappa shape index (κ2) is 2.31. The van der Waals surface area contributed by atoms with E-state index in [4.69, 9.17) is 10.2 Å². The predicted molar refractivity (Wildman–Crippen MR) is 40.7 cm³/mol. The van der Waals surface area contributed by atoms with Gasteiger partial charge in [0.15, 0.2) is 0 Å². The zero-order valence-corrected chi connectivity index (χ0v) is 6.27.